The van der Waals surface area contributed by atoms with Crippen LogP contribution in [0.1, 0.15) is 43.0 Å². The molecule has 3 aromatic rings. The summed E-state index contributed by atoms with van der Waals surface area (Å²) in [5, 5.41) is 3.50. The molecular formula is C27H27O2P. The van der Waals surface area contributed by atoms with Crippen LogP contribution in [0, 0.1) is 0 Å². The molecule has 2 nitrogen and oxygen atoms in total. The van der Waals surface area contributed by atoms with Crippen molar-refractivity contribution in [3.05, 3.63) is 102 Å². The van der Waals surface area contributed by atoms with Crippen LogP contribution in [0.3, 0.4) is 0 Å². The van der Waals surface area contributed by atoms with Gasteiger partial charge in [-0.05, 0) is 61.7 Å². The number of ether oxygens (including phenoxy) is 1. The van der Waals surface area contributed by atoms with E-state index < -0.39 is 7.92 Å². The Morgan fingerprint density at radius 2 is 1.50 bits per heavy atom. The van der Waals surface area contributed by atoms with E-state index in [4.69, 9.17) is 4.74 Å². The van der Waals surface area contributed by atoms with Gasteiger partial charge in [0.1, 0.15) is 6.10 Å². The first-order chi connectivity index (χ1) is 14.8. The van der Waals surface area contributed by atoms with Crippen molar-refractivity contribution in [3.8, 4) is 0 Å². The SMILES string of the molecule is CCC1=C[C@@H](OC(=O)c2ccccc2P(c2ccccc2)c2ccccc2)CCC1. The lowest BCUT2D eigenvalue weighted by molar-refractivity contribution is 0.0368. The molecule has 0 unspecified atom stereocenters. The zero-order valence-electron chi connectivity index (χ0n) is 17.3. The molecule has 0 saturated carbocycles. The van der Waals surface area contributed by atoms with Gasteiger partial charge in [0, 0.05) is 0 Å². The van der Waals surface area contributed by atoms with Crippen molar-refractivity contribution < 1.29 is 9.53 Å². The fraction of sp³-hybridized carbons (Fsp3) is 0.222. The quantitative estimate of drug-likeness (QED) is 0.303. The average Bonchev–Trinajstić information content (AvgIpc) is 2.81. The number of carbonyl (C=O) groups is 1. The molecule has 0 radical (unpaired) electrons. The Balaban J connectivity index is 1.71. The van der Waals surface area contributed by atoms with Crippen LogP contribution in [0.2, 0.25) is 0 Å². The molecule has 0 spiro atoms. The second-order valence-electron chi connectivity index (χ2n) is 7.54. The molecule has 1 aliphatic carbocycles. The van der Waals surface area contributed by atoms with E-state index in [1.807, 2.05) is 30.3 Å². The van der Waals surface area contributed by atoms with E-state index in [2.05, 4.69) is 67.6 Å². The molecule has 1 aliphatic rings. The maximum Gasteiger partial charge on any atom is 0.339 e. The highest BCUT2D eigenvalue weighted by Crippen LogP contribution is 2.34. The number of hydrogen-bond acceptors (Lipinski definition) is 2. The van der Waals surface area contributed by atoms with E-state index in [-0.39, 0.29) is 12.1 Å². The van der Waals surface area contributed by atoms with Gasteiger partial charge in [-0.25, -0.2) is 4.79 Å². The molecule has 0 bridgehead atoms. The number of allylic oxidation sites excluding steroid dienone is 1. The lowest BCUT2D eigenvalue weighted by atomic mass is 9.96. The highest BCUT2D eigenvalue weighted by atomic mass is 31.1. The Morgan fingerprint density at radius 3 is 2.13 bits per heavy atom. The number of carbonyl (C=O) groups excluding carboxylic acids is 1. The summed E-state index contributed by atoms with van der Waals surface area (Å²) in [5.41, 5.74) is 2.07. The molecule has 0 fully saturated rings. The number of esters is 1. The van der Waals surface area contributed by atoms with Crippen LogP contribution in [0.5, 0.6) is 0 Å². The van der Waals surface area contributed by atoms with Crippen LogP contribution in [-0.4, -0.2) is 12.1 Å². The minimum Gasteiger partial charge on any atom is -0.455 e. The highest BCUT2D eigenvalue weighted by Gasteiger charge is 2.25. The van der Waals surface area contributed by atoms with Gasteiger partial charge < -0.3 is 4.74 Å². The van der Waals surface area contributed by atoms with Gasteiger partial charge in [0.25, 0.3) is 0 Å². The van der Waals surface area contributed by atoms with Crippen LogP contribution in [-0.2, 0) is 4.74 Å². The molecule has 4 rings (SSSR count). The number of benzene rings is 3. The maximum atomic E-state index is 13.3. The van der Waals surface area contributed by atoms with Crippen LogP contribution in [0.4, 0.5) is 0 Å². The third-order valence-electron chi connectivity index (χ3n) is 5.51. The van der Waals surface area contributed by atoms with Crippen LogP contribution in [0.25, 0.3) is 0 Å². The van der Waals surface area contributed by atoms with E-state index >= 15 is 0 Å². The monoisotopic (exact) mass is 414 g/mol. The summed E-state index contributed by atoms with van der Waals surface area (Å²) in [5.74, 6) is -0.219. The minimum absolute atomic E-state index is 0.117. The average molecular weight is 414 g/mol. The van der Waals surface area contributed by atoms with Gasteiger partial charge >= 0.3 is 5.97 Å². The highest BCUT2D eigenvalue weighted by molar-refractivity contribution is 7.80. The predicted octanol–water partition coefficient (Wildman–Crippen LogP) is 5.49. The molecular weight excluding hydrogens is 387 g/mol. The van der Waals surface area contributed by atoms with Gasteiger partial charge in [0.15, 0.2) is 0 Å². The molecule has 1 atom stereocenters. The van der Waals surface area contributed by atoms with Crippen molar-refractivity contribution in [2.45, 2.75) is 38.7 Å². The van der Waals surface area contributed by atoms with Crippen molar-refractivity contribution in [3.63, 3.8) is 0 Å². The normalized spacial score (nSPS) is 16.2. The lowest BCUT2D eigenvalue weighted by Crippen LogP contribution is -2.27. The third-order valence-corrected chi connectivity index (χ3v) is 8.02. The van der Waals surface area contributed by atoms with Gasteiger partial charge in [-0.15, -0.1) is 0 Å². The molecule has 0 N–H and O–H groups in total. The fourth-order valence-electron chi connectivity index (χ4n) is 3.97. The van der Waals surface area contributed by atoms with Gasteiger partial charge in [-0.2, -0.15) is 0 Å². The van der Waals surface area contributed by atoms with Crippen LogP contribution < -0.4 is 15.9 Å². The van der Waals surface area contributed by atoms with Gasteiger partial charge in [0.05, 0.1) is 5.56 Å². The van der Waals surface area contributed by atoms with Crippen LogP contribution in [0.15, 0.2) is 96.6 Å². The zero-order valence-corrected chi connectivity index (χ0v) is 18.2. The van der Waals surface area contributed by atoms with E-state index in [0.29, 0.717) is 5.56 Å². The Bertz CT molecular complexity index is 972. The van der Waals surface area contributed by atoms with Gasteiger partial charge in [-0.1, -0.05) is 91.4 Å². The summed E-state index contributed by atoms with van der Waals surface area (Å²) in [4.78, 5) is 13.3. The molecule has 152 valence electrons. The molecule has 0 heterocycles. The second kappa shape index (κ2) is 9.87. The Kier molecular flexibility index (Phi) is 6.77. The number of rotatable bonds is 6. The fourth-order valence-corrected chi connectivity index (χ4v) is 6.41. The summed E-state index contributed by atoms with van der Waals surface area (Å²) in [7, 11) is -0.851. The lowest BCUT2D eigenvalue weighted by Gasteiger charge is -2.24. The maximum absolute atomic E-state index is 13.3. The zero-order chi connectivity index (χ0) is 20.8. The molecule has 3 heteroatoms. The third kappa shape index (κ3) is 4.71. The van der Waals surface area contributed by atoms with Crippen molar-refractivity contribution >= 4 is 29.8 Å². The van der Waals surface area contributed by atoms with E-state index in [1.165, 1.54) is 16.2 Å². The first kappa shape index (κ1) is 20.6. The molecule has 0 aromatic heterocycles. The van der Waals surface area contributed by atoms with Crippen molar-refractivity contribution in [1.29, 1.82) is 0 Å². The summed E-state index contributed by atoms with van der Waals surface area (Å²) in [6.45, 7) is 2.16. The Labute approximate surface area is 180 Å². The molecule has 3 aromatic carbocycles. The van der Waals surface area contributed by atoms with Crippen molar-refractivity contribution in [1.82, 2.24) is 0 Å². The molecule has 0 aliphatic heterocycles. The molecule has 0 saturated heterocycles. The topological polar surface area (TPSA) is 26.3 Å². The first-order valence-corrected chi connectivity index (χ1v) is 12.0. The predicted molar refractivity (Wildman–Crippen MR) is 127 cm³/mol. The van der Waals surface area contributed by atoms with E-state index in [9.17, 15) is 4.79 Å². The first-order valence-electron chi connectivity index (χ1n) is 10.7. The standard InChI is InChI=1S/C27H27O2P/c1-2-21-12-11-13-22(20-21)29-27(28)25-18-9-10-19-26(25)30(23-14-5-3-6-15-23)24-16-7-4-8-17-24/h3-10,14-20,22H,2,11-13H2,1H3/t22-/m0/s1. The Morgan fingerprint density at radius 1 is 0.900 bits per heavy atom. The summed E-state index contributed by atoms with van der Waals surface area (Å²) in [6.07, 6.45) is 6.17. The summed E-state index contributed by atoms with van der Waals surface area (Å²) < 4.78 is 5.97. The largest absolute Gasteiger partial charge is 0.455 e. The number of hydrogen-bond donors (Lipinski definition) is 0. The summed E-state index contributed by atoms with van der Waals surface area (Å²) in [6, 6.07) is 28.9. The van der Waals surface area contributed by atoms with Crippen LogP contribution >= 0.6 is 7.92 Å². The van der Waals surface area contributed by atoms with Gasteiger partial charge in [0.2, 0.25) is 0 Å². The second-order valence-corrected chi connectivity index (χ2v) is 9.72. The van der Waals surface area contributed by atoms with E-state index in [0.717, 1.165) is 31.0 Å². The minimum atomic E-state index is -0.851. The van der Waals surface area contributed by atoms with Crippen molar-refractivity contribution in [2.75, 3.05) is 0 Å². The Hall–Kier alpha value is -2.70. The molecule has 30 heavy (non-hydrogen) atoms. The smallest absolute Gasteiger partial charge is 0.339 e. The molecule has 0 amide bonds. The van der Waals surface area contributed by atoms with E-state index in [1.54, 1.807) is 0 Å². The van der Waals surface area contributed by atoms with Crippen molar-refractivity contribution in [2.24, 2.45) is 0 Å². The van der Waals surface area contributed by atoms with Gasteiger partial charge in [-0.3, -0.25) is 0 Å². The summed E-state index contributed by atoms with van der Waals surface area (Å²) >= 11 is 0.